The second-order valence-electron chi connectivity index (χ2n) is 4.59. The van der Waals surface area contributed by atoms with Gasteiger partial charge in [0, 0.05) is 5.39 Å². The molecule has 2 aromatic carbocycles. The number of fused-ring (bicyclic) bond motifs is 1. The van der Waals surface area contributed by atoms with Crippen LogP contribution in [0.25, 0.3) is 11.0 Å². The van der Waals surface area contributed by atoms with Gasteiger partial charge in [-0.25, -0.2) is 0 Å². The van der Waals surface area contributed by atoms with E-state index in [4.69, 9.17) is 4.42 Å². The summed E-state index contributed by atoms with van der Waals surface area (Å²) in [5.74, 6) is 0.565. The zero-order chi connectivity index (χ0) is 12.6. The molecule has 3 aromatic rings. The van der Waals surface area contributed by atoms with Crippen LogP contribution in [0.5, 0.6) is 0 Å². The van der Waals surface area contributed by atoms with Gasteiger partial charge in [-0.15, -0.1) is 0 Å². The van der Waals surface area contributed by atoms with Crippen LogP contribution in [0.3, 0.4) is 0 Å². The van der Waals surface area contributed by atoms with Crippen molar-refractivity contribution in [3.8, 4) is 0 Å². The molecule has 1 N–H and O–H groups in total. The van der Waals surface area contributed by atoms with Gasteiger partial charge in [0.15, 0.2) is 0 Å². The molecule has 3 rings (SSSR count). The van der Waals surface area contributed by atoms with Gasteiger partial charge in [0.05, 0.1) is 0 Å². The lowest BCUT2D eigenvalue weighted by atomic mass is 9.93. The third kappa shape index (κ3) is 1.71. The van der Waals surface area contributed by atoms with Gasteiger partial charge in [0.1, 0.15) is 16.9 Å². The lowest BCUT2D eigenvalue weighted by molar-refractivity contribution is 0.0786. The molecule has 0 radical (unpaired) electrons. The van der Waals surface area contributed by atoms with Gasteiger partial charge in [-0.2, -0.15) is 0 Å². The lowest BCUT2D eigenvalue weighted by Crippen LogP contribution is -2.21. The Kier molecular flexibility index (Phi) is 2.46. The van der Waals surface area contributed by atoms with E-state index in [1.165, 1.54) is 0 Å². The SMILES string of the molecule is CC(O)(c1ccccc1)c1cc2ccccc2o1. The zero-order valence-electron chi connectivity index (χ0n) is 10.1. The Labute approximate surface area is 105 Å². The minimum Gasteiger partial charge on any atom is -0.458 e. The Morgan fingerprint density at radius 2 is 1.61 bits per heavy atom. The summed E-state index contributed by atoms with van der Waals surface area (Å²) in [4.78, 5) is 0. The van der Waals surface area contributed by atoms with Crippen LogP contribution in [0.15, 0.2) is 65.1 Å². The predicted molar refractivity (Wildman–Crippen MR) is 71.3 cm³/mol. The number of hydrogen-bond donors (Lipinski definition) is 1. The molecular weight excluding hydrogens is 224 g/mol. The number of aliphatic hydroxyl groups is 1. The van der Waals surface area contributed by atoms with Crippen molar-refractivity contribution in [1.29, 1.82) is 0 Å². The third-order valence-electron chi connectivity index (χ3n) is 3.24. The molecule has 0 saturated heterocycles. The molecule has 0 spiro atoms. The molecule has 0 saturated carbocycles. The van der Waals surface area contributed by atoms with Crippen molar-refractivity contribution in [3.05, 3.63) is 72.0 Å². The molecule has 0 fully saturated rings. The largest absolute Gasteiger partial charge is 0.458 e. The first-order chi connectivity index (χ1) is 8.68. The average Bonchev–Trinajstić information content (AvgIpc) is 2.84. The summed E-state index contributed by atoms with van der Waals surface area (Å²) >= 11 is 0. The summed E-state index contributed by atoms with van der Waals surface area (Å²) in [6, 6.07) is 19.2. The highest BCUT2D eigenvalue weighted by Crippen LogP contribution is 2.32. The summed E-state index contributed by atoms with van der Waals surface area (Å²) in [5.41, 5.74) is 0.507. The standard InChI is InChI=1S/C16H14O2/c1-16(17,13-8-3-2-4-9-13)15-11-12-7-5-6-10-14(12)18-15/h2-11,17H,1H3. The molecule has 0 aliphatic heterocycles. The zero-order valence-corrected chi connectivity index (χ0v) is 10.1. The summed E-state index contributed by atoms with van der Waals surface area (Å²) in [6.07, 6.45) is 0. The third-order valence-corrected chi connectivity index (χ3v) is 3.24. The molecule has 1 atom stereocenters. The molecule has 2 nitrogen and oxygen atoms in total. The molecule has 2 heteroatoms. The lowest BCUT2D eigenvalue weighted by Gasteiger charge is -2.20. The minimum absolute atomic E-state index is 0.565. The van der Waals surface area contributed by atoms with E-state index in [0.717, 1.165) is 16.5 Å². The second-order valence-corrected chi connectivity index (χ2v) is 4.59. The van der Waals surface area contributed by atoms with Gasteiger partial charge in [-0.1, -0.05) is 48.5 Å². The summed E-state index contributed by atoms with van der Waals surface area (Å²) in [6.45, 7) is 1.75. The Morgan fingerprint density at radius 3 is 2.33 bits per heavy atom. The Bertz CT molecular complexity index is 633. The van der Waals surface area contributed by atoms with E-state index in [1.54, 1.807) is 6.92 Å². The summed E-state index contributed by atoms with van der Waals surface area (Å²) in [7, 11) is 0. The Hall–Kier alpha value is -2.06. The van der Waals surface area contributed by atoms with Crippen molar-refractivity contribution in [1.82, 2.24) is 0 Å². The highest BCUT2D eigenvalue weighted by Gasteiger charge is 2.29. The van der Waals surface area contributed by atoms with Crippen LogP contribution in [0, 0.1) is 0 Å². The number of benzene rings is 2. The number of hydrogen-bond acceptors (Lipinski definition) is 2. The Balaban J connectivity index is 2.13. The highest BCUT2D eigenvalue weighted by atomic mass is 16.4. The predicted octanol–water partition coefficient (Wildman–Crippen LogP) is 3.69. The van der Waals surface area contributed by atoms with E-state index in [9.17, 15) is 5.11 Å². The first-order valence-electron chi connectivity index (χ1n) is 5.95. The maximum absolute atomic E-state index is 10.7. The monoisotopic (exact) mass is 238 g/mol. The Morgan fingerprint density at radius 1 is 0.944 bits per heavy atom. The smallest absolute Gasteiger partial charge is 0.144 e. The van der Waals surface area contributed by atoms with Gasteiger partial charge >= 0.3 is 0 Å². The molecular formula is C16H14O2. The fraction of sp³-hybridized carbons (Fsp3) is 0.125. The topological polar surface area (TPSA) is 33.4 Å². The number of furan rings is 1. The fourth-order valence-electron chi connectivity index (χ4n) is 2.13. The van der Waals surface area contributed by atoms with E-state index in [2.05, 4.69) is 0 Å². The molecule has 0 amide bonds. The molecule has 1 heterocycles. The quantitative estimate of drug-likeness (QED) is 0.738. The van der Waals surface area contributed by atoms with E-state index in [1.807, 2.05) is 60.7 Å². The molecule has 1 unspecified atom stereocenters. The average molecular weight is 238 g/mol. The molecule has 0 aliphatic rings. The second kappa shape index (κ2) is 4.00. The number of rotatable bonds is 2. The van der Waals surface area contributed by atoms with Crippen molar-refractivity contribution in [2.75, 3.05) is 0 Å². The normalized spacial score (nSPS) is 14.6. The maximum atomic E-state index is 10.7. The number of para-hydroxylation sites is 1. The van der Waals surface area contributed by atoms with E-state index in [0.29, 0.717) is 5.76 Å². The van der Waals surface area contributed by atoms with E-state index < -0.39 is 5.60 Å². The van der Waals surface area contributed by atoms with Crippen molar-refractivity contribution in [2.24, 2.45) is 0 Å². The first kappa shape index (κ1) is 11.1. The van der Waals surface area contributed by atoms with Crippen LogP contribution in [0.1, 0.15) is 18.2 Å². The van der Waals surface area contributed by atoms with Gasteiger partial charge in [-0.05, 0) is 24.6 Å². The van der Waals surface area contributed by atoms with Gasteiger partial charge in [-0.3, -0.25) is 0 Å². The molecule has 0 bridgehead atoms. The minimum atomic E-state index is -1.11. The van der Waals surface area contributed by atoms with Crippen LogP contribution in [-0.4, -0.2) is 5.11 Å². The summed E-state index contributed by atoms with van der Waals surface area (Å²) < 4.78 is 5.74. The van der Waals surface area contributed by atoms with Crippen molar-refractivity contribution in [2.45, 2.75) is 12.5 Å². The van der Waals surface area contributed by atoms with Gasteiger partial charge in [0.25, 0.3) is 0 Å². The van der Waals surface area contributed by atoms with Crippen LogP contribution >= 0.6 is 0 Å². The van der Waals surface area contributed by atoms with Gasteiger partial charge < -0.3 is 9.52 Å². The van der Waals surface area contributed by atoms with Crippen LogP contribution in [0.2, 0.25) is 0 Å². The van der Waals surface area contributed by atoms with Crippen LogP contribution in [0.4, 0.5) is 0 Å². The van der Waals surface area contributed by atoms with Crippen molar-refractivity contribution in [3.63, 3.8) is 0 Å². The highest BCUT2D eigenvalue weighted by molar-refractivity contribution is 5.78. The molecule has 18 heavy (non-hydrogen) atoms. The molecule has 90 valence electrons. The fourth-order valence-corrected chi connectivity index (χ4v) is 2.13. The van der Waals surface area contributed by atoms with Gasteiger partial charge in [0.2, 0.25) is 0 Å². The first-order valence-corrected chi connectivity index (χ1v) is 5.95. The summed E-state index contributed by atoms with van der Waals surface area (Å²) in [5, 5.41) is 11.7. The van der Waals surface area contributed by atoms with Crippen molar-refractivity contribution < 1.29 is 9.52 Å². The molecule has 1 aromatic heterocycles. The van der Waals surface area contributed by atoms with E-state index >= 15 is 0 Å². The van der Waals surface area contributed by atoms with Crippen molar-refractivity contribution >= 4 is 11.0 Å². The maximum Gasteiger partial charge on any atom is 0.144 e. The van der Waals surface area contributed by atoms with Crippen LogP contribution < -0.4 is 0 Å². The van der Waals surface area contributed by atoms with Crippen LogP contribution in [-0.2, 0) is 5.60 Å². The van der Waals surface area contributed by atoms with E-state index in [-0.39, 0.29) is 0 Å². The molecule has 0 aliphatic carbocycles.